The average molecular weight is 247 g/mol. The predicted octanol–water partition coefficient (Wildman–Crippen LogP) is 1.97. The summed E-state index contributed by atoms with van der Waals surface area (Å²) in [6.45, 7) is 5.18. The fraction of sp³-hybridized carbons (Fsp3) is 0.667. The van der Waals surface area contributed by atoms with Crippen LogP contribution in [-0.2, 0) is 6.54 Å². The number of alkyl halides is 1. The summed E-state index contributed by atoms with van der Waals surface area (Å²) < 4.78 is 1.87. The Labute approximate surface area is 86.9 Å². The zero-order chi connectivity index (χ0) is 9.84. The van der Waals surface area contributed by atoms with Crippen molar-refractivity contribution in [3.63, 3.8) is 0 Å². The number of halogens is 1. The molecular formula is C9H15BrN2O. The number of rotatable bonds is 4. The summed E-state index contributed by atoms with van der Waals surface area (Å²) in [5.41, 5.74) is 0.873. The third-order valence-corrected chi connectivity index (χ3v) is 2.35. The Balaban J connectivity index is 2.63. The van der Waals surface area contributed by atoms with E-state index in [2.05, 4.69) is 34.9 Å². The molecule has 0 amide bonds. The van der Waals surface area contributed by atoms with Crippen LogP contribution in [0.25, 0.3) is 0 Å². The van der Waals surface area contributed by atoms with Gasteiger partial charge in [0.15, 0.2) is 0 Å². The predicted molar refractivity (Wildman–Crippen MR) is 55.8 cm³/mol. The molecule has 1 heterocycles. The molecule has 0 spiro atoms. The van der Waals surface area contributed by atoms with Gasteiger partial charge in [-0.3, -0.25) is 4.68 Å². The van der Waals surface area contributed by atoms with Gasteiger partial charge in [0.05, 0.1) is 12.3 Å². The van der Waals surface area contributed by atoms with E-state index in [4.69, 9.17) is 0 Å². The lowest BCUT2D eigenvalue weighted by Crippen LogP contribution is -2.04. The summed E-state index contributed by atoms with van der Waals surface area (Å²) in [4.78, 5) is 0. The Hall–Kier alpha value is -0.350. The number of hydrogen-bond acceptors (Lipinski definition) is 2. The molecule has 1 aromatic rings. The summed E-state index contributed by atoms with van der Waals surface area (Å²) in [7, 11) is 0. The number of aliphatic hydroxyl groups is 1. The first-order chi connectivity index (χ1) is 6.13. The van der Waals surface area contributed by atoms with Gasteiger partial charge in [-0.05, 0) is 5.92 Å². The van der Waals surface area contributed by atoms with Crippen LogP contribution in [0.1, 0.15) is 25.5 Å². The van der Waals surface area contributed by atoms with Gasteiger partial charge in [-0.25, -0.2) is 0 Å². The molecule has 1 atom stereocenters. The standard InChI is InChI=1S/C9H15BrN2O/c1-7(2)5-12-6-8(4-11-12)9(13)3-10/h4,6-7,9,13H,3,5H2,1-2H3. The van der Waals surface area contributed by atoms with Gasteiger partial charge in [-0.2, -0.15) is 5.10 Å². The molecule has 0 fully saturated rings. The van der Waals surface area contributed by atoms with Crippen LogP contribution < -0.4 is 0 Å². The maximum absolute atomic E-state index is 9.48. The molecule has 1 aromatic heterocycles. The molecule has 1 rings (SSSR count). The van der Waals surface area contributed by atoms with Crippen LogP contribution >= 0.6 is 15.9 Å². The van der Waals surface area contributed by atoms with Crippen LogP contribution in [-0.4, -0.2) is 20.2 Å². The van der Waals surface area contributed by atoms with Crippen LogP contribution in [0.15, 0.2) is 12.4 Å². The Bertz CT molecular complexity index is 260. The van der Waals surface area contributed by atoms with E-state index < -0.39 is 6.10 Å². The van der Waals surface area contributed by atoms with Gasteiger partial charge in [0, 0.05) is 23.6 Å². The molecule has 4 heteroatoms. The molecule has 3 nitrogen and oxygen atoms in total. The monoisotopic (exact) mass is 246 g/mol. The van der Waals surface area contributed by atoms with Crippen molar-refractivity contribution in [3.05, 3.63) is 18.0 Å². The van der Waals surface area contributed by atoms with Crippen molar-refractivity contribution in [2.75, 3.05) is 5.33 Å². The largest absolute Gasteiger partial charge is 0.387 e. The number of hydrogen-bond donors (Lipinski definition) is 1. The number of aliphatic hydroxyl groups excluding tert-OH is 1. The molecule has 74 valence electrons. The molecule has 0 saturated carbocycles. The van der Waals surface area contributed by atoms with Crippen molar-refractivity contribution < 1.29 is 5.11 Å². The van der Waals surface area contributed by atoms with Crippen LogP contribution in [0.3, 0.4) is 0 Å². The van der Waals surface area contributed by atoms with Gasteiger partial charge in [0.1, 0.15) is 0 Å². The lowest BCUT2D eigenvalue weighted by Gasteiger charge is -2.04. The summed E-state index contributed by atoms with van der Waals surface area (Å²) in [6, 6.07) is 0. The Morgan fingerprint density at radius 3 is 2.85 bits per heavy atom. The first-order valence-corrected chi connectivity index (χ1v) is 5.52. The maximum Gasteiger partial charge on any atom is 0.0917 e. The van der Waals surface area contributed by atoms with Crippen LogP contribution in [0.2, 0.25) is 0 Å². The van der Waals surface area contributed by atoms with Gasteiger partial charge < -0.3 is 5.11 Å². The Kier molecular flexibility index (Phi) is 3.93. The molecule has 1 N–H and O–H groups in total. The highest BCUT2D eigenvalue weighted by Crippen LogP contribution is 2.14. The SMILES string of the molecule is CC(C)Cn1cc(C(O)CBr)cn1. The zero-order valence-corrected chi connectivity index (χ0v) is 9.53. The lowest BCUT2D eigenvalue weighted by atomic mass is 10.2. The Morgan fingerprint density at radius 2 is 2.31 bits per heavy atom. The minimum atomic E-state index is -0.444. The minimum Gasteiger partial charge on any atom is -0.387 e. The maximum atomic E-state index is 9.48. The second-order valence-corrected chi connectivity index (χ2v) is 4.21. The molecule has 0 aliphatic carbocycles. The fourth-order valence-corrected chi connectivity index (χ4v) is 1.49. The van der Waals surface area contributed by atoms with Crippen molar-refractivity contribution in [1.29, 1.82) is 0 Å². The van der Waals surface area contributed by atoms with E-state index in [0.717, 1.165) is 12.1 Å². The second-order valence-electron chi connectivity index (χ2n) is 3.56. The first kappa shape index (κ1) is 10.7. The highest BCUT2D eigenvalue weighted by atomic mass is 79.9. The molecule has 0 bridgehead atoms. The van der Waals surface area contributed by atoms with Crippen LogP contribution in [0, 0.1) is 5.92 Å². The van der Waals surface area contributed by atoms with E-state index in [1.807, 2.05) is 10.9 Å². The third-order valence-electron chi connectivity index (χ3n) is 1.74. The smallest absolute Gasteiger partial charge is 0.0917 e. The third kappa shape index (κ3) is 3.12. The van der Waals surface area contributed by atoms with E-state index >= 15 is 0 Å². The van der Waals surface area contributed by atoms with Gasteiger partial charge in [-0.1, -0.05) is 29.8 Å². The molecular weight excluding hydrogens is 232 g/mol. The average Bonchev–Trinajstić information content (AvgIpc) is 2.50. The van der Waals surface area contributed by atoms with Crippen molar-refractivity contribution in [3.8, 4) is 0 Å². The van der Waals surface area contributed by atoms with Gasteiger partial charge in [0.2, 0.25) is 0 Å². The molecule has 1 unspecified atom stereocenters. The summed E-state index contributed by atoms with van der Waals surface area (Å²) in [5, 5.41) is 14.2. The van der Waals surface area contributed by atoms with Crippen molar-refractivity contribution >= 4 is 15.9 Å². The van der Waals surface area contributed by atoms with E-state index in [0.29, 0.717) is 11.2 Å². The zero-order valence-electron chi connectivity index (χ0n) is 7.94. The number of nitrogens with zero attached hydrogens (tertiary/aromatic N) is 2. The van der Waals surface area contributed by atoms with E-state index in [-0.39, 0.29) is 0 Å². The van der Waals surface area contributed by atoms with E-state index in [9.17, 15) is 5.11 Å². The summed E-state index contributed by atoms with van der Waals surface area (Å²) in [6.07, 6.45) is 3.17. The second kappa shape index (κ2) is 4.77. The van der Waals surface area contributed by atoms with Crippen LogP contribution in [0.5, 0.6) is 0 Å². The van der Waals surface area contributed by atoms with E-state index in [1.165, 1.54) is 0 Å². The fourth-order valence-electron chi connectivity index (χ4n) is 1.11. The molecule has 13 heavy (non-hydrogen) atoms. The van der Waals surface area contributed by atoms with Gasteiger partial charge in [-0.15, -0.1) is 0 Å². The summed E-state index contributed by atoms with van der Waals surface area (Å²) >= 11 is 3.22. The quantitative estimate of drug-likeness (QED) is 0.826. The molecule has 0 saturated heterocycles. The van der Waals surface area contributed by atoms with E-state index in [1.54, 1.807) is 6.20 Å². The van der Waals surface area contributed by atoms with Gasteiger partial charge in [0.25, 0.3) is 0 Å². The molecule has 0 radical (unpaired) electrons. The van der Waals surface area contributed by atoms with Crippen molar-refractivity contribution in [2.45, 2.75) is 26.5 Å². The number of aromatic nitrogens is 2. The molecule has 0 aliphatic heterocycles. The Morgan fingerprint density at radius 1 is 1.62 bits per heavy atom. The molecule has 0 aliphatic rings. The van der Waals surface area contributed by atoms with Gasteiger partial charge >= 0.3 is 0 Å². The van der Waals surface area contributed by atoms with Crippen LogP contribution in [0.4, 0.5) is 0 Å². The highest BCUT2D eigenvalue weighted by Gasteiger charge is 2.08. The molecule has 0 aromatic carbocycles. The summed E-state index contributed by atoms with van der Waals surface area (Å²) in [5.74, 6) is 0.578. The lowest BCUT2D eigenvalue weighted by molar-refractivity contribution is 0.205. The first-order valence-electron chi connectivity index (χ1n) is 4.40. The minimum absolute atomic E-state index is 0.444. The topological polar surface area (TPSA) is 38.0 Å². The van der Waals surface area contributed by atoms with Crippen molar-refractivity contribution in [2.24, 2.45) is 5.92 Å². The normalized spacial score (nSPS) is 13.6. The van der Waals surface area contributed by atoms with Crippen molar-refractivity contribution in [1.82, 2.24) is 9.78 Å². The highest BCUT2D eigenvalue weighted by molar-refractivity contribution is 9.09.